The third-order valence-corrected chi connectivity index (χ3v) is 12.2. The molecule has 334 valence electrons. The van der Waals surface area contributed by atoms with E-state index in [2.05, 4.69) is 45.1 Å². The first-order valence-electron chi connectivity index (χ1n) is 21.5. The van der Waals surface area contributed by atoms with Gasteiger partial charge in [-0.3, -0.25) is 9.59 Å². The number of carbonyl (C=O) groups is 2. The lowest BCUT2D eigenvalue weighted by Crippen LogP contribution is -2.23. The summed E-state index contributed by atoms with van der Waals surface area (Å²) in [5.74, 6) is 1.37. The van der Waals surface area contributed by atoms with E-state index in [4.69, 9.17) is 59.1 Å². The largest absolute Gasteiger partial charge is 0.450 e. The van der Waals surface area contributed by atoms with Crippen LogP contribution in [0.25, 0.3) is 44.6 Å². The molecule has 4 aromatic heterocycles. The maximum Gasteiger partial charge on any atom is 0.450 e. The highest BCUT2D eigenvalue weighted by molar-refractivity contribution is 7.54. The van der Waals surface area contributed by atoms with Crippen molar-refractivity contribution in [3.8, 4) is 22.5 Å². The van der Waals surface area contributed by atoms with Crippen LogP contribution in [0.2, 0.25) is 0 Å². The van der Waals surface area contributed by atoms with E-state index in [-0.39, 0.29) is 35.5 Å². The Morgan fingerprint density at radius 3 is 1.60 bits per heavy atom. The van der Waals surface area contributed by atoms with Crippen molar-refractivity contribution in [1.82, 2.24) is 40.5 Å². The molecule has 2 atom stereocenters. The Bertz CT molecular complexity index is 2930. The monoisotopic (exact) mass is 932 g/mol. The highest BCUT2D eigenvalue weighted by Gasteiger charge is 2.39. The number of aryl methyl sites for hydroxylation is 2. The Labute approximate surface area is 390 Å². The Morgan fingerprint density at radius 2 is 1.14 bits per heavy atom. The molecule has 65 heavy (non-hydrogen) atoms. The summed E-state index contributed by atoms with van der Waals surface area (Å²) in [6, 6.07) is 25.0. The number of nitrogens with zero attached hydrogens (tertiary/aromatic N) is 4. The van der Waals surface area contributed by atoms with Crippen molar-refractivity contribution >= 4 is 84.9 Å². The van der Waals surface area contributed by atoms with Crippen molar-refractivity contribution in [2.24, 2.45) is 0 Å². The molecule has 0 saturated heterocycles. The number of aromatic amines is 2. The average Bonchev–Trinajstić information content (AvgIpc) is 3.91. The van der Waals surface area contributed by atoms with Crippen molar-refractivity contribution in [3.63, 3.8) is 0 Å². The molecule has 2 aliphatic heterocycles. The first kappa shape index (κ1) is 44.5. The average molecular weight is 934 g/mol. The Kier molecular flexibility index (Phi) is 12.3. The number of para-hydroxylation sites is 2. The maximum absolute atomic E-state index is 12.7. The summed E-state index contributed by atoms with van der Waals surface area (Å²) in [5.41, 5.74) is 12.6. The van der Waals surface area contributed by atoms with Gasteiger partial charge in [0.05, 0.1) is 76.8 Å². The highest BCUT2D eigenvalue weighted by atomic mass is 35.6. The number of amides is 2. The number of nitrogens with one attached hydrogen (secondary N) is 6. The summed E-state index contributed by atoms with van der Waals surface area (Å²) in [5, 5.41) is 22.3. The van der Waals surface area contributed by atoms with Crippen molar-refractivity contribution in [3.05, 3.63) is 118 Å². The zero-order valence-electron chi connectivity index (χ0n) is 36.3. The van der Waals surface area contributed by atoms with Crippen LogP contribution in [0.3, 0.4) is 0 Å². The van der Waals surface area contributed by atoms with Gasteiger partial charge in [-0.15, -0.1) is 0 Å². The summed E-state index contributed by atoms with van der Waals surface area (Å²) in [7, 11) is 0. The lowest BCUT2D eigenvalue weighted by molar-refractivity contribution is 0.0840. The van der Waals surface area contributed by atoms with Gasteiger partial charge < -0.3 is 41.1 Å². The fraction of sp³-hybridized carbons (Fsp3) is 0.319. The molecule has 7 aromatic rings. The van der Waals surface area contributed by atoms with Crippen LogP contribution in [-0.2, 0) is 11.3 Å². The molecule has 4 aliphatic rings. The number of rotatable bonds is 11. The molecule has 14 nitrogen and oxygen atoms in total. The van der Waals surface area contributed by atoms with Crippen molar-refractivity contribution < 1.29 is 19.4 Å². The first-order chi connectivity index (χ1) is 31.2. The summed E-state index contributed by atoms with van der Waals surface area (Å²) in [6.07, 6.45) is 4.55. The fourth-order valence-electron chi connectivity index (χ4n) is 8.10. The van der Waals surface area contributed by atoms with E-state index >= 15 is 0 Å². The second-order valence-electron chi connectivity index (χ2n) is 17.5. The number of fused-ring (bicyclic) bond motifs is 4. The van der Waals surface area contributed by atoms with Crippen LogP contribution >= 0.6 is 34.4 Å². The molecule has 0 radical (unpaired) electrons. The van der Waals surface area contributed by atoms with Gasteiger partial charge in [0.25, 0.3) is 11.8 Å². The van der Waals surface area contributed by atoms with E-state index in [1.54, 1.807) is 0 Å². The lowest BCUT2D eigenvalue weighted by Gasteiger charge is -2.16. The Hall–Kier alpha value is -5.71. The lowest BCUT2D eigenvalue weighted by atomic mass is 10.1. The molecule has 2 aliphatic carbocycles. The number of anilines is 2. The number of carbonyl (C=O) groups excluding carboxylic acids is 2. The standard InChI is InChI=1S/C27H27N5O2.C20H21N5O2.BCl3/c1-16-25(32-27(2)11-12-27)31-23-18(9-6-10-20(23)28-16)21-13-19-24(29-21)22(30-26(19)33)15-34-14-17-7-4-3-5-8-17;1-10-18(25-20(2)6-7-20)24-16-11(4-3-5-13(16)21-10)14-8-12-17(22-14)15(9-26)23-19(12)27;2-1(3)4/h3-10,13,22,29H,11-12,14-15H2,1-2H3,(H,30,33)(H,31,32);3-5,8,15,22,26H,6-7,9H2,1-2H3,(H,23,27)(H,24,25);. The van der Waals surface area contributed by atoms with Crippen molar-refractivity contribution in [2.75, 3.05) is 23.8 Å². The predicted octanol–water partition coefficient (Wildman–Crippen LogP) is 9.26. The van der Waals surface area contributed by atoms with Gasteiger partial charge >= 0.3 is 4.96 Å². The molecule has 3 aromatic carbocycles. The quantitative estimate of drug-likeness (QED) is 0.0615. The van der Waals surface area contributed by atoms with Crippen molar-refractivity contribution in [1.29, 1.82) is 0 Å². The molecule has 11 rings (SSSR count). The normalized spacial score (nSPS) is 18.1. The second-order valence-corrected chi connectivity index (χ2v) is 19.5. The van der Waals surface area contributed by atoms with Gasteiger partial charge in [-0.2, -0.15) is 34.4 Å². The van der Waals surface area contributed by atoms with E-state index in [1.807, 2.05) is 92.7 Å². The van der Waals surface area contributed by atoms with E-state index in [1.165, 1.54) is 0 Å². The van der Waals surface area contributed by atoms with Crippen LogP contribution in [-0.4, -0.2) is 76.1 Å². The van der Waals surface area contributed by atoms with Crippen LogP contribution in [0.1, 0.15) is 101 Å². The van der Waals surface area contributed by atoms with E-state index in [0.717, 1.165) is 110 Å². The van der Waals surface area contributed by atoms with Gasteiger partial charge in [0, 0.05) is 33.6 Å². The molecule has 2 amide bonds. The summed E-state index contributed by atoms with van der Waals surface area (Å²) in [6.45, 7) is 9.11. The molecule has 7 N–H and O–H groups in total. The van der Waals surface area contributed by atoms with Gasteiger partial charge in [-0.25, -0.2) is 19.9 Å². The maximum atomic E-state index is 12.7. The van der Waals surface area contributed by atoms with E-state index in [0.29, 0.717) is 24.3 Å². The number of ether oxygens (including phenoxy) is 1. The number of halogens is 3. The number of hydrogen-bond donors (Lipinski definition) is 7. The minimum absolute atomic E-state index is 0.0861. The van der Waals surface area contributed by atoms with Crippen molar-refractivity contribution in [2.45, 2.75) is 83.1 Å². The number of aromatic nitrogens is 6. The Balaban J connectivity index is 0.000000155. The van der Waals surface area contributed by atoms with Crippen LogP contribution in [0.15, 0.2) is 78.9 Å². The minimum atomic E-state index is -0.750. The predicted molar refractivity (Wildman–Crippen MR) is 258 cm³/mol. The van der Waals surface area contributed by atoms with E-state index in [9.17, 15) is 14.7 Å². The summed E-state index contributed by atoms with van der Waals surface area (Å²) in [4.78, 5) is 50.2. The number of aliphatic hydroxyl groups excluding tert-OH is 1. The Morgan fingerprint density at radius 1 is 0.677 bits per heavy atom. The zero-order chi connectivity index (χ0) is 45.6. The molecule has 2 saturated carbocycles. The number of aliphatic hydroxyl groups is 1. The smallest absolute Gasteiger partial charge is 0.394 e. The summed E-state index contributed by atoms with van der Waals surface area (Å²) < 4.78 is 5.91. The van der Waals surface area contributed by atoms with Gasteiger partial charge in [-0.1, -0.05) is 54.6 Å². The van der Waals surface area contributed by atoms with Crippen LogP contribution < -0.4 is 21.3 Å². The number of hydrogen-bond acceptors (Lipinski definition) is 10. The molecule has 2 unspecified atom stereocenters. The number of benzene rings is 3. The molecule has 2 fully saturated rings. The van der Waals surface area contributed by atoms with E-state index < -0.39 is 11.0 Å². The molecular weight excluding hydrogens is 886 g/mol. The molecule has 18 heteroatoms. The first-order valence-corrected chi connectivity index (χ1v) is 22.8. The third kappa shape index (κ3) is 9.66. The van der Waals surface area contributed by atoms with Crippen LogP contribution in [0.4, 0.5) is 11.6 Å². The SMILES string of the molecule is Cc1nc2cccc(-c3cc4c([nH]3)C(CO)NC4=O)c2nc1NC1(C)CC1.Cc1nc2cccc(-c3cc4c([nH]3)C(COCc3ccccc3)NC4=O)c2nc1NC1(C)CC1.ClB(Cl)Cl. The minimum Gasteiger partial charge on any atom is -0.394 e. The molecule has 0 bridgehead atoms. The molecule has 6 heterocycles. The summed E-state index contributed by atoms with van der Waals surface area (Å²) >= 11 is 14.4. The fourth-order valence-corrected chi connectivity index (χ4v) is 8.10. The zero-order valence-corrected chi connectivity index (χ0v) is 38.5. The second kappa shape index (κ2) is 17.9. The van der Waals surface area contributed by atoms with Gasteiger partial charge in [0.15, 0.2) is 0 Å². The van der Waals surface area contributed by atoms with Gasteiger partial charge in [0.2, 0.25) is 0 Å². The van der Waals surface area contributed by atoms with Gasteiger partial charge in [0.1, 0.15) is 22.7 Å². The third-order valence-electron chi connectivity index (χ3n) is 12.2. The number of H-pyrrole nitrogens is 2. The topological polar surface area (TPSA) is 195 Å². The van der Waals surface area contributed by atoms with Gasteiger partial charge in [-0.05, 0) is 83.2 Å². The highest BCUT2D eigenvalue weighted by Crippen LogP contribution is 2.41. The van der Waals surface area contributed by atoms with Crippen LogP contribution in [0, 0.1) is 13.8 Å². The molecular formula is C47H48BCl3N10O4. The molecule has 0 spiro atoms. The van der Waals surface area contributed by atoms with Crippen LogP contribution in [0.5, 0.6) is 0 Å².